The lowest BCUT2D eigenvalue weighted by molar-refractivity contribution is 0.400. The van der Waals surface area contributed by atoms with Gasteiger partial charge in [0.15, 0.2) is 0 Å². The molecule has 2 aromatic carbocycles. The molecule has 0 aliphatic rings. The highest BCUT2D eigenvalue weighted by Gasteiger charge is 2.08. The molecular weight excluding hydrogens is 378 g/mol. The number of benzene rings is 2. The van der Waals surface area contributed by atoms with Crippen molar-refractivity contribution in [1.82, 2.24) is 9.88 Å². The average molecular weight is 400 g/mol. The fourth-order valence-electron chi connectivity index (χ4n) is 2.89. The van der Waals surface area contributed by atoms with Gasteiger partial charge in [0.05, 0.1) is 18.3 Å². The summed E-state index contributed by atoms with van der Waals surface area (Å²) in [5.74, 6) is 0.844. The van der Waals surface area contributed by atoms with Gasteiger partial charge in [-0.25, -0.2) is 0 Å². The van der Waals surface area contributed by atoms with Gasteiger partial charge in [0.25, 0.3) is 0 Å². The van der Waals surface area contributed by atoms with Crippen LogP contribution in [0.25, 0.3) is 10.9 Å². The molecule has 0 unspecified atom stereocenters. The Morgan fingerprint density at radius 3 is 2.76 bits per heavy atom. The second kappa shape index (κ2) is 7.85. The monoisotopic (exact) mass is 399 g/mol. The van der Waals surface area contributed by atoms with Crippen LogP contribution in [0.4, 0.5) is 5.69 Å². The lowest BCUT2D eigenvalue weighted by atomic mass is 10.1. The molecule has 0 spiro atoms. The highest BCUT2D eigenvalue weighted by atomic mass is 79.9. The number of ether oxygens (including phenoxy) is 1. The second-order valence-corrected chi connectivity index (χ2v) is 7.09. The number of hydrogen-bond donors (Lipinski definition) is 1. The van der Waals surface area contributed by atoms with Gasteiger partial charge < -0.3 is 15.0 Å². The van der Waals surface area contributed by atoms with E-state index in [0.717, 1.165) is 38.9 Å². The summed E-state index contributed by atoms with van der Waals surface area (Å²) in [6.45, 7) is 1.57. The van der Waals surface area contributed by atoms with Crippen molar-refractivity contribution in [3.8, 4) is 5.75 Å². The van der Waals surface area contributed by atoms with Crippen LogP contribution >= 0.6 is 15.9 Å². The zero-order valence-corrected chi connectivity index (χ0v) is 16.3. The largest absolute Gasteiger partial charge is 0.495 e. The van der Waals surface area contributed by atoms with Gasteiger partial charge in [0, 0.05) is 29.1 Å². The molecule has 130 valence electrons. The predicted molar refractivity (Wildman–Crippen MR) is 107 cm³/mol. The third-order valence-corrected chi connectivity index (χ3v) is 4.72. The van der Waals surface area contributed by atoms with E-state index in [0.29, 0.717) is 6.54 Å². The Kier molecular flexibility index (Phi) is 5.56. The highest BCUT2D eigenvalue weighted by molar-refractivity contribution is 9.10. The molecular formula is C20H22BrN3O. The van der Waals surface area contributed by atoms with Crippen LogP contribution < -0.4 is 10.1 Å². The molecule has 0 amide bonds. The quantitative estimate of drug-likeness (QED) is 0.652. The van der Waals surface area contributed by atoms with Crippen LogP contribution in [0.1, 0.15) is 11.1 Å². The first-order chi connectivity index (χ1) is 12.1. The molecule has 0 aliphatic carbocycles. The smallest absolute Gasteiger partial charge is 0.141 e. The number of aromatic nitrogens is 1. The van der Waals surface area contributed by atoms with Gasteiger partial charge in [-0.05, 0) is 49.5 Å². The maximum absolute atomic E-state index is 5.50. The number of halogens is 1. The van der Waals surface area contributed by atoms with E-state index in [1.165, 1.54) is 5.56 Å². The summed E-state index contributed by atoms with van der Waals surface area (Å²) in [5.41, 5.74) is 4.40. The maximum atomic E-state index is 5.50. The normalized spacial score (nSPS) is 11.1. The Bertz CT molecular complexity index is 880. The minimum atomic E-state index is 0.683. The van der Waals surface area contributed by atoms with Gasteiger partial charge in [-0.1, -0.05) is 34.1 Å². The molecule has 0 saturated heterocycles. The molecule has 1 N–H and O–H groups in total. The Hall–Kier alpha value is -2.11. The number of methoxy groups -OCH3 is 1. The lowest BCUT2D eigenvalue weighted by Crippen LogP contribution is -2.11. The second-order valence-electron chi connectivity index (χ2n) is 6.23. The first-order valence-corrected chi connectivity index (χ1v) is 8.95. The first-order valence-electron chi connectivity index (χ1n) is 8.16. The third kappa shape index (κ3) is 4.11. The molecule has 0 bridgehead atoms. The van der Waals surface area contributed by atoms with Crippen LogP contribution in [0.2, 0.25) is 0 Å². The summed E-state index contributed by atoms with van der Waals surface area (Å²) in [6.07, 6.45) is 1.83. The molecule has 3 rings (SSSR count). The van der Waals surface area contributed by atoms with Gasteiger partial charge in [0.1, 0.15) is 5.75 Å². The predicted octanol–water partition coefficient (Wildman–Crippen LogP) is 4.68. The minimum Gasteiger partial charge on any atom is -0.495 e. The molecule has 0 radical (unpaired) electrons. The number of rotatable bonds is 6. The standard InChI is InChI=1S/C20H22BrN3O/c1-24(2)13-14-6-9-19(25-3)18(11-14)23-12-15-7-8-17(21)16-5-4-10-22-20(15)16/h4-11,23H,12-13H2,1-3H3. The molecule has 25 heavy (non-hydrogen) atoms. The number of anilines is 1. The SMILES string of the molecule is COc1ccc(CN(C)C)cc1NCc1ccc(Br)c2cccnc12. The molecule has 1 heterocycles. The molecule has 3 aromatic rings. The van der Waals surface area contributed by atoms with Crippen LogP contribution in [0, 0.1) is 0 Å². The molecule has 0 aliphatic heterocycles. The van der Waals surface area contributed by atoms with E-state index in [4.69, 9.17) is 4.74 Å². The number of pyridine rings is 1. The molecule has 0 saturated carbocycles. The molecule has 0 fully saturated rings. The fraction of sp³-hybridized carbons (Fsp3) is 0.250. The van der Waals surface area contributed by atoms with Crippen LogP contribution in [0.5, 0.6) is 5.75 Å². The van der Waals surface area contributed by atoms with Crippen molar-refractivity contribution in [1.29, 1.82) is 0 Å². The zero-order valence-electron chi connectivity index (χ0n) is 14.7. The maximum Gasteiger partial charge on any atom is 0.141 e. The van der Waals surface area contributed by atoms with Crippen LogP contribution in [-0.4, -0.2) is 31.1 Å². The Morgan fingerprint density at radius 1 is 1.16 bits per heavy atom. The van der Waals surface area contributed by atoms with Crippen molar-refractivity contribution >= 4 is 32.5 Å². The summed E-state index contributed by atoms with van der Waals surface area (Å²) in [5, 5.41) is 4.63. The summed E-state index contributed by atoms with van der Waals surface area (Å²) in [4.78, 5) is 6.70. The van der Waals surface area contributed by atoms with Gasteiger partial charge in [-0.3, -0.25) is 4.98 Å². The van der Waals surface area contributed by atoms with E-state index in [1.807, 2.05) is 18.3 Å². The van der Waals surface area contributed by atoms with Crippen molar-refractivity contribution in [2.75, 3.05) is 26.5 Å². The summed E-state index contributed by atoms with van der Waals surface area (Å²) < 4.78 is 6.56. The van der Waals surface area contributed by atoms with Crippen molar-refractivity contribution in [3.63, 3.8) is 0 Å². The van der Waals surface area contributed by atoms with Gasteiger partial charge in [0.2, 0.25) is 0 Å². The van der Waals surface area contributed by atoms with Gasteiger partial charge in [-0.15, -0.1) is 0 Å². The Labute approximate surface area is 157 Å². The summed E-state index contributed by atoms with van der Waals surface area (Å²) >= 11 is 3.60. The third-order valence-electron chi connectivity index (χ3n) is 4.03. The van der Waals surface area contributed by atoms with E-state index in [9.17, 15) is 0 Å². The van der Waals surface area contributed by atoms with Crippen LogP contribution in [-0.2, 0) is 13.1 Å². The molecule has 4 nitrogen and oxygen atoms in total. The minimum absolute atomic E-state index is 0.683. The fourth-order valence-corrected chi connectivity index (χ4v) is 3.34. The highest BCUT2D eigenvalue weighted by Crippen LogP contribution is 2.29. The van der Waals surface area contributed by atoms with E-state index in [2.05, 4.69) is 75.6 Å². The molecule has 1 aromatic heterocycles. The number of fused-ring (bicyclic) bond motifs is 1. The Morgan fingerprint density at radius 2 is 2.00 bits per heavy atom. The van der Waals surface area contributed by atoms with E-state index in [-0.39, 0.29) is 0 Å². The molecule has 5 heteroatoms. The van der Waals surface area contributed by atoms with Crippen LogP contribution in [0.3, 0.4) is 0 Å². The summed E-state index contributed by atoms with van der Waals surface area (Å²) in [6, 6.07) is 14.5. The van der Waals surface area contributed by atoms with Gasteiger partial charge >= 0.3 is 0 Å². The van der Waals surface area contributed by atoms with Crippen molar-refractivity contribution < 1.29 is 4.74 Å². The number of nitrogens with zero attached hydrogens (tertiary/aromatic N) is 2. The molecule has 0 atom stereocenters. The van der Waals surface area contributed by atoms with Crippen LogP contribution in [0.15, 0.2) is 53.1 Å². The van der Waals surface area contributed by atoms with Gasteiger partial charge in [-0.2, -0.15) is 0 Å². The average Bonchev–Trinajstić information content (AvgIpc) is 2.61. The Balaban J connectivity index is 1.87. The van der Waals surface area contributed by atoms with E-state index < -0.39 is 0 Å². The van der Waals surface area contributed by atoms with Crippen molar-refractivity contribution in [2.24, 2.45) is 0 Å². The number of hydrogen-bond acceptors (Lipinski definition) is 4. The number of nitrogens with one attached hydrogen (secondary N) is 1. The lowest BCUT2D eigenvalue weighted by Gasteiger charge is -2.16. The van der Waals surface area contributed by atoms with E-state index >= 15 is 0 Å². The van der Waals surface area contributed by atoms with E-state index in [1.54, 1.807) is 7.11 Å². The van der Waals surface area contributed by atoms with Crippen molar-refractivity contribution in [2.45, 2.75) is 13.1 Å². The first kappa shape index (κ1) is 17.7. The zero-order chi connectivity index (χ0) is 17.8. The summed E-state index contributed by atoms with van der Waals surface area (Å²) in [7, 11) is 5.83. The topological polar surface area (TPSA) is 37.4 Å². The van der Waals surface area contributed by atoms with Crippen molar-refractivity contribution in [3.05, 3.63) is 64.3 Å².